The molecule has 3 nitrogen and oxygen atoms in total. The maximum absolute atomic E-state index is 11.8. The molecule has 1 aliphatic heterocycles. The minimum absolute atomic E-state index is 0.192. The molecule has 1 heterocycles. The van der Waals surface area contributed by atoms with E-state index in [0.29, 0.717) is 12.2 Å². The van der Waals surface area contributed by atoms with E-state index in [4.69, 9.17) is 4.74 Å². The Morgan fingerprint density at radius 3 is 2.37 bits per heavy atom. The standard InChI is InChI=1S/C16H23NO2/c1-12(2)19-14-7-5-13(6-8-14)17-10-9-15(18)16(3,4)11-17/h5-8,12H,9-11H2,1-4H3. The first-order chi connectivity index (χ1) is 8.88. The molecule has 1 saturated heterocycles. The first kappa shape index (κ1) is 13.9. The minimum Gasteiger partial charge on any atom is -0.491 e. The molecule has 1 aliphatic rings. The van der Waals surface area contributed by atoms with Crippen LogP contribution >= 0.6 is 0 Å². The van der Waals surface area contributed by atoms with E-state index in [1.165, 1.54) is 0 Å². The van der Waals surface area contributed by atoms with Crippen LogP contribution in [-0.2, 0) is 4.79 Å². The van der Waals surface area contributed by atoms with Crippen molar-refractivity contribution in [3.8, 4) is 5.75 Å². The summed E-state index contributed by atoms with van der Waals surface area (Å²) in [7, 11) is 0. The maximum Gasteiger partial charge on any atom is 0.142 e. The van der Waals surface area contributed by atoms with Crippen LogP contribution in [0.5, 0.6) is 5.75 Å². The summed E-state index contributed by atoms with van der Waals surface area (Å²) in [6, 6.07) is 8.14. The van der Waals surface area contributed by atoms with E-state index in [0.717, 1.165) is 24.5 Å². The van der Waals surface area contributed by atoms with Crippen LogP contribution in [0.15, 0.2) is 24.3 Å². The number of nitrogens with zero attached hydrogens (tertiary/aromatic N) is 1. The lowest BCUT2D eigenvalue weighted by atomic mass is 9.82. The smallest absolute Gasteiger partial charge is 0.142 e. The van der Waals surface area contributed by atoms with E-state index in [1.807, 2.05) is 39.8 Å². The highest BCUT2D eigenvalue weighted by atomic mass is 16.5. The second kappa shape index (κ2) is 5.24. The van der Waals surface area contributed by atoms with Crippen LogP contribution in [0.4, 0.5) is 5.69 Å². The zero-order chi connectivity index (χ0) is 14.0. The third-order valence-electron chi connectivity index (χ3n) is 3.52. The first-order valence-electron chi connectivity index (χ1n) is 6.93. The number of anilines is 1. The summed E-state index contributed by atoms with van der Waals surface area (Å²) < 4.78 is 5.64. The van der Waals surface area contributed by atoms with Gasteiger partial charge in [0.05, 0.1) is 6.10 Å². The number of hydrogen-bond acceptors (Lipinski definition) is 3. The van der Waals surface area contributed by atoms with Gasteiger partial charge >= 0.3 is 0 Å². The lowest BCUT2D eigenvalue weighted by Gasteiger charge is -2.38. The molecule has 0 N–H and O–H groups in total. The summed E-state index contributed by atoms with van der Waals surface area (Å²) in [6.07, 6.45) is 0.828. The number of carbonyl (C=O) groups is 1. The quantitative estimate of drug-likeness (QED) is 0.836. The number of benzene rings is 1. The molecule has 19 heavy (non-hydrogen) atoms. The Balaban J connectivity index is 2.08. The van der Waals surface area contributed by atoms with E-state index in [-0.39, 0.29) is 11.5 Å². The summed E-state index contributed by atoms with van der Waals surface area (Å²) in [5.41, 5.74) is 0.919. The molecular formula is C16H23NO2. The van der Waals surface area contributed by atoms with Gasteiger partial charge < -0.3 is 9.64 Å². The Morgan fingerprint density at radius 1 is 1.21 bits per heavy atom. The lowest BCUT2D eigenvalue weighted by molar-refractivity contribution is -0.127. The van der Waals surface area contributed by atoms with Crippen molar-refractivity contribution in [2.75, 3.05) is 18.0 Å². The Morgan fingerprint density at radius 2 is 1.84 bits per heavy atom. The molecule has 0 bridgehead atoms. The van der Waals surface area contributed by atoms with Gasteiger partial charge in [-0.15, -0.1) is 0 Å². The molecule has 0 saturated carbocycles. The van der Waals surface area contributed by atoms with Crippen LogP contribution in [0.3, 0.4) is 0 Å². The zero-order valence-corrected chi connectivity index (χ0v) is 12.3. The van der Waals surface area contributed by atoms with E-state index in [9.17, 15) is 4.79 Å². The van der Waals surface area contributed by atoms with Crippen molar-refractivity contribution in [1.29, 1.82) is 0 Å². The number of piperidine rings is 1. The minimum atomic E-state index is -0.245. The van der Waals surface area contributed by atoms with Crippen LogP contribution in [0, 0.1) is 5.41 Å². The molecule has 0 spiro atoms. The first-order valence-corrected chi connectivity index (χ1v) is 6.93. The van der Waals surface area contributed by atoms with Gasteiger partial charge in [0.1, 0.15) is 11.5 Å². The molecule has 1 fully saturated rings. The summed E-state index contributed by atoms with van der Waals surface area (Å²) in [5.74, 6) is 1.26. The molecule has 0 aromatic heterocycles. The average Bonchev–Trinajstić information content (AvgIpc) is 2.33. The maximum atomic E-state index is 11.8. The number of Topliss-reactive ketones (excluding diaryl/α,β-unsaturated/α-hetero) is 1. The molecule has 0 radical (unpaired) electrons. The van der Waals surface area contributed by atoms with E-state index < -0.39 is 0 Å². The van der Waals surface area contributed by atoms with Gasteiger partial charge in [-0.3, -0.25) is 4.79 Å². The Bertz CT molecular complexity index is 448. The molecule has 0 atom stereocenters. The van der Waals surface area contributed by atoms with E-state index in [1.54, 1.807) is 0 Å². The van der Waals surface area contributed by atoms with Gasteiger partial charge in [0.2, 0.25) is 0 Å². The summed E-state index contributed by atoms with van der Waals surface area (Å²) in [5, 5.41) is 0. The van der Waals surface area contributed by atoms with Crippen molar-refractivity contribution in [3.05, 3.63) is 24.3 Å². The predicted molar refractivity (Wildman–Crippen MR) is 77.8 cm³/mol. The van der Waals surface area contributed by atoms with Gasteiger partial charge in [-0.1, -0.05) is 13.8 Å². The van der Waals surface area contributed by atoms with Crippen LogP contribution in [0.2, 0.25) is 0 Å². The topological polar surface area (TPSA) is 29.5 Å². The lowest BCUT2D eigenvalue weighted by Crippen LogP contribution is -2.46. The van der Waals surface area contributed by atoms with Gasteiger partial charge in [-0.2, -0.15) is 0 Å². The Labute approximate surface area is 115 Å². The monoisotopic (exact) mass is 261 g/mol. The molecule has 0 aliphatic carbocycles. The molecular weight excluding hydrogens is 238 g/mol. The number of carbonyl (C=O) groups excluding carboxylic acids is 1. The fraction of sp³-hybridized carbons (Fsp3) is 0.562. The van der Waals surface area contributed by atoms with Crippen molar-refractivity contribution in [1.82, 2.24) is 0 Å². The summed E-state index contributed by atoms with van der Waals surface area (Å²) in [4.78, 5) is 14.1. The van der Waals surface area contributed by atoms with Gasteiger partial charge in [-0.05, 0) is 38.1 Å². The highest BCUT2D eigenvalue weighted by Crippen LogP contribution is 2.30. The van der Waals surface area contributed by atoms with Crippen LogP contribution < -0.4 is 9.64 Å². The second-order valence-corrected chi connectivity index (χ2v) is 6.14. The van der Waals surface area contributed by atoms with Gasteiger partial charge in [0, 0.05) is 30.6 Å². The predicted octanol–water partition coefficient (Wildman–Crippen LogP) is 3.28. The summed E-state index contributed by atoms with van der Waals surface area (Å²) >= 11 is 0. The van der Waals surface area contributed by atoms with Crippen LogP contribution in [0.1, 0.15) is 34.1 Å². The molecule has 0 unspecified atom stereocenters. The van der Waals surface area contributed by atoms with Crippen LogP contribution in [0.25, 0.3) is 0 Å². The third-order valence-corrected chi connectivity index (χ3v) is 3.52. The fourth-order valence-corrected chi connectivity index (χ4v) is 2.45. The molecule has 3 heteroatoms. The van der Waals surface area contributed by atoms with Gasteiger partial charge in [0.15, 0.2) is 0 Å². The average molecular weight is 261 g/mol. The zero-order valence-electron chi connectivity index (χ0n) is 12.3. The third kappa shape index (κ3) is 3.28. The molecule has 0 amide bonds. The number of ether oxygens (including phenoxy) is 1. The van der Waals surface area contributed by atoms with Crippen molar-refractivity contribution in [2.45, 2.75) is 40.2 Å². The van der Waals surface area contributed by atoms with Crippen LogP contribution in [-0.4, -0.2) is 25.0 Å². The largest absolute Gasteiger partial charge is 0.491 e. The van der Waals surface area contributed by atoms with Crippen molar-refractivity contribution < 1.29 is 9.53 Å². The number of hydrogen-bond donors (Lipinski definition) is 0. The van der Waals surface area contributed by atoms with E-state index in [2.05, 4.69) is 17.0 Å². The molecule has 1 aromatic carbocycles. The van der Waals surface area contributed by atoms with E-state index >= 15 is 0 Å². The SMILES string of the molecule is CC(C)Oc1ccc(N2CCC(=O)C(C)(C)C2)cc1. The second-order valence-electron chi connectivity index (χ2n) is 6.14. The molecule has 104 valence electrons. The van der Waals surface area contributed by atoms with Gasteiger partial charge in [-0.25, -0.2) is 0 Å². The van der Waals surface area contributed by atoms with Gasteiger partial charge in [0.25, 0.3) is 0 Å². The van der Waals surface area contributed by atoms with Crippen molar-refractivity contribution in [2.24, 2.45) is 5.41 Å². The fourth-order valence-electron chi connectivity index (χ4n) is 2.45. The number of ketones is 1. The Hall–Kier alpha value is -1.51. The van der Waals surface area contributed by atoms with Crippen molar-refractivity contribution in [3.63, 3.8) is 0 Å². The molecule has 1 aromatic rings. The normalized spacial score (nSPS) is 18.8. The Kier molecular flexibility index (Phi) is 3.83. The molecule has 2 rings (SSSR count). The highest BCUT2D eigenvalue weighted by molar-refractivity contribution is 5.86. The summed E-state index contributed by atoms with van der Waals surface area (Å²) in [6.45, 7) is 9.69. The number of rotatable bonds is 3. The van der Waals surface area contributed by atoms with Crippen molar-refractivity contribution >= 4 is 11.5 Å². The highest BCUT2D eigenvalue weighted by Gasteiger charge is 2.34.